The minimum absolute atomic E-state index is 0.279. The van der Waals surface area contributed by atoms with E-state index in [9.17, 15) is 4.79 Å². The number of carbonyl (C=O) groups excluding carboxylic acids is 1. The Morgan fingerprint density at radius 2 is 1.80 bits per heavy atom. The van der Waals surface area contributed by atoms with Gasteiger partial charge in [-0.05, 0) is 49.3 Å². The van der Waals surface area contributed by atoms with Gasteiger partial charge in [0.25, 0.3) is 0 Å². The van der Waals surface area contributed by atoms with Gasteiger partial charge in [0, 0.05) is 44.5 Å². The minimum atomic E-state index is 0.279. The molecule has 2 heterocycles. The van der Waals surface area contributed by atoms with Crippen molar-refractivity contribution in [1.82, 2.24) is 15.2 Å². The fourth-order valence-corrected chi connectivity index (χ4v) is 4.25. The van der Waals surface area contributed by atoms with Gasteiger partial charge in [0.2, 0.25) is 5.91 Å². The molecule has 3 rings (SSSR count). The molecule has 1 aliphatic heterocycles. The van der Waals surface area contributed by atoms with Gasteiger partial charge >= 0.3 is 0 Å². The second-order valence-electron chi connectivity index (χ2n) is 7.83. The van der Waals surface area contributed by atoms with Crippen LogP contribution in [0.4, 0.5) is 0 Å². The van der Waals surface area contributed by atoms with Crippen LogP contribution in [0.2, 0.25) is 0 Å². The third-order valence-electron chi connectivity index (χ3n) is 5.92. The lowest BCUT2D eigenvalue weighted by Crippen LogP contribution is -2.45. The third kappa shape index (κ3) is 6.43. The fraction of sp³-hybridized carbons (Fsp3) is 0.714. The number of amides is 1. The largest absolute Gasteiger partial charge is 0.353 e. The smallest absolute Gasteiger partial charge is 0.220 e. The highest BCUT2D eigenvalue weighted by molar-refractivity contribution is 5.76. The van der Waals surface area contributed by atoms with Crippen LogP contribution in [0.15, 0.2) is 24.5 Å². The first kappa shape index (κ1) is 18.4. The summed E-state index contributed by atoms with van der Waals surface area (Å²) in [6.07, 6.45) is 15.6. The molecule has 0 radical (unpaired) electrons. The number of likely N-dealkylation sites (tertiary alicyclic amines) is 1. The molecule has 0 unspecified atom stereocenters. The highest BCUT2D eigenvalue weighted by Crippen LogP contribution is 2.27. The predicted molar refractivity (Wildman–Crippen MR) is 101 cm³/mol. The average molecular weight is 344 g/mol. The van der Waals surface area contributed by atoms with Crippen molar-refractivity contribution in [1.29, 1.82) is 0 Å². The molecule has 2 aliphatic rings. The molecule has 0 bridgehead atoms. The molecule has 0 spiro atoms. The van der Waals surface area contributed by atoms with Crippen molar-refractivity contribution in [3.63, 3.8) is 0 Å². The van der Waals surface area contributed by atoms with Crippen molar-refractivity contribution in [2.45, 2.75) is 70.3 Å². The van der Waals surface area contributed by atoms with Crippen molar-refractivity contribution in [3.8, 4) is 0 Å². The summed E-state index contributed by atoms with van der Waals surface area (Å²) in [5.41, 5.74) is 1.35. The number of rotatable bonds is 7. The molecule has 138 valence electrons. The average Bonchev–Trinajstić information content (AvgIpc) is 2.67. The van der Waals surface area contributed by atoms with Gasteiger partial charge in [-0.3, -0.25) is 9.78 Å². The van der Waals surface area contributed by atoms with Crippen LogP contribution in [-0.2, 0) is 11.2 Å². The predicted octanol–water partition coefficient (Wildman–Crippen LogP) is 3.57. The van der Waals surface area contributed by atoms with Crippen molar-refractivity contribution < 1.29 is 4.79 Å². The summed E-state index contributed by atoms with van der Waals surface area (Å²) in [6, 6.07) is 4.58. The Morgan fingerprint density at radius 1 is 1.08 bits per heavy atom. The Balaban J connectivity index is 1.28. The lowest BCUT2D eigenvalue weighted by atomic mass is 9.86. The standard InChI is InChI=1S/C21H33N3O/c25-21(7-6-18-4-2-1-3-5-18)23-20-11-16-24(17-12-20)15-10-19-8-13-22-14-9-19/h8-9,13-14,18,20H,1-7,10-12,15-17H2,(H,23,25). The summed E-state index contributed by atoms with van der Waals surface area (Å²) < 4.78 is 0. The highest BCUT2D eigenvalue weighted by Gasteiger charge is 2.21. The summed E-state index contributed by atoms with van der Waals surface area (Å²) in [5.74, 6) is 1.08. The van der Waals surface area contributed by atoms with E-state index in [1.165, 1.54) is 37.7 Å². The fourth-order valence-electron chi connectivity index (χ4n) is 4.25. The van der Waals surface area contributed by atoms with Gasteiger partial charge in [0.05, 0.1) is 0 Å². The SMILES string of the molecule is O=C(CCC1CCCCC1)NC1CCN(CCc2ccncc2)CC1. The van der Waals surface area contributed by atoms with Crippen LogP contribution in [0.5, 0.6) is 0 Å². The second-order valence-corrected chi connectivity index (χ2v) is 7.83. The lowest BCUT2D eigenvalue weighted by molar-refractivity contribution is -0.122. The molecule has 0 atom stereocenters. The molecule has 1 N–H and O–H groups in total. The Kier molecular flexibility index (Phi) is 7.28. The molecule has 2 fully saturated rings. The maximum absolute atomic E-state index is 12.2. The Bertz CT molecular complexity index is 505. The van der Waals surface area contributed by atoms with Gasteiger partial charge in [-0.25, -0.2) is 0 Å². The quantitative estimate of drug-likeness (QED) is 0.823. The van der Waals surface area contributed by atoms with Gasteiger partial charge in [0.1, 0.15) is 0 Å². The van der Waals surface area contributed by atoms with Crippen molar-refractivity contribution >= 4 is 5.91 Å². The van der Waals surface area contributed by atoms with Crippen LogP contribution < -0.4 is 5.32 Å². The second kappa shape index (κ2) is 9.91. The Morgan fingerprint density at radius 3 is 2.52 bits per heavy atom. The van der Waals surface area contributed by atoms with E-state index in [1.807, 2.05) is 12.4 Å². The highest BCUT2D eigenvalue weighted by atomic mass is 16.1. The van der Waals surface area contributed by atoms with Gasteiger partial charge in [-0.2, -0.15) is 0 Å². The number of piperidine rings is 1. The Labute approximate surface area is 152 Å². The first-order chi connectivity index (χ1) is 12.3. The van der Waals surface area contributed by atoms with E-state index >= 15 is 0 Å². The number of nitrogens with zero attached hydrogens (tertiary/aromatic N) is 2. The van der Waals surface area contributed by atoms with Crippen LogP contribution in [0.25, 0.3) is 0 Å². The van der Waals surface area contributed by atoms with Crippen molar-refractivity contribution in [3.05, 3.63) is 30.1 Å². The summed E-state index contributed by atoms with van der Waals surface area (Å²) >= 11 is 0. The maximum atomic E-state index is 12.2. The summed E-state index contributed by atoms with van der Waals surface area (Å²) in [4.78, 5) is 18.8. The lowest BCUT2D eigenvalue weighted by Gasteiger charge is -2.32. The molecule has 1 aromatic heterocycles. The Hall–Kier alpha value is -1.42. The van der Waals surface area contributed by atoms with Gasteiger partial charge in [-0.1, -0.05) is 32.1 Å². The monoisotopic (exact) mass is 343 g/mol. The van der Waals surface area contributed by atoms with Crippen LogP contribution in [0.3, 0.4) is 0 Å². The van der Waals surface area contributed by atoms with E-state index in [0.29, 0.717) is 6.04 Å². The molecule has 1 saturated carbocycles. The van der Waals surface area contributed by atoms with E-state index in [2.05, 4.69) is 27.3 Å². The van der Waals surface area contributed by atoms with Crippen LogP contribution in [-0.4, -0.2) is 41.5 Å². The van der Waals surface area contributed by atoms with Crippen LogP contribution in [0, 0.1) is 5.92 Å². The molecule has 4 heteroatoms. The molecule has 1 saturated heterocycles. The van der Waals surface area contributed by atoms with E-state index in [0.717, 1.165) is 57.7 Å². The van der Waals surface area contributed by atoms with Gasteiger partial charge < -0.3 is 10.2 Å². The van der Waals surface area contributed by atoms with E-state index < -0.39 is 0 Å². The molecule has 1 amide bonds. The maximum Gasteiger partial charge on any atom is 0.220 e. The normalized spacial score (nSPS) is 20.5. The van der Waals surface area contributed by atoms with Crippen LogP contribution >= 0.6 is 0 Å². The van der Waals surface area contributed by atoms with E-state index in [4.69, 9.17) is 0 Å². The number of aromatic nitrogens is 1. The molecule has 0 aromatic carbocycles. The first-order valence-corrected chi connectivity index (χ1v) is 10.2. The first-order valence-electron chi connectivity index (χ1n) is 10.2. The topological polar surface area (TPSA) is 45.2 Å². The summed E-state index contributed by atoms with van der Waals surface area (Å²) in [6.45, 7) is 3.30. The molecule has 25 heavy (non-hydrogen) atoms. The number of pyridine rings is 1. The molecule has 1 aliphatic carbocycles. The van der Waals surface area contributed by atoms with Crippen molar-refractivity contribution in [2.24, 2.45) is 5.92 Å². The zero-order valence-electron chi connectivity index (χ0n) is 15.5. The molecular formula is C21H33N3O. The number of nitrogens with one attached hydrogen (secondary N) is 1. The summed E-state index contributed by atoms with van der Waals surface area (Å²) in [7, 11) is 0. The summed E-state index contributed by atoms with van der Waals surface area (Å²) in [5, 5.41) is 3.28. The number of carbonyl (C=O) groups is 1. The zero-order valence-corrected chi connectivity index (χ0v) is 15.5. The molecule has 4 nitrogen and oxygen atoms in total. The van der Waals surface area contributed by atoms with E-state index in [1.54, 1.807) is 0 Å². The number of hydrogen-bond acceptors (Lipinski definition) is 3. The number of hydrogen-bond donors (Lipinski definition) is 1. The minimum Gasteiger partial charge on any atom is -0.353 e. The molecule has 1 aromatic rings. The molecular weight excluding hydrogens is 310 g/mol. The van der Waals surface area contributed by atoms with E-state index in [-0.39, 0.29) is 5.91 Å². The zero-order chi connectivity index (χ0) is 17.3. The van der Waals surface area contributed by atoms with Gasteiger partial charge in [-0.15, -0.1) is 0 Å². The third-order valence-corrected chi connectivity index (χ3v) is 5.92. The van der Waals surface area contributed by atoms with Crippen LogP contribution in [0.1, 0.15) is 63.4 Å². The van der Waals surface area contributed by atoms with Crippen molar-refractivity contribution in [2.75, 3.05) is 19.6 Å². The van der Waals surface area contributed by atoms with Gasteiger partial charge in [0.15, 0.2) is 0 Å².